The Morgan fingerprint density at radius 3 is 2.44 bits per heavy atom. The zero-order valence-corrected chi connectivity index (χ0v) is 35.0. The van der Waals surface area contributed by atoms with Gasteiger partial charge < -0.3 is 44.9 Å². The number of carbonyl (C=O) groups excluding carboxylic acids is 2. The lowest BCUT2D eigenvalue weighted by atomic mass is 9.86. The summed E-state index contributed by atoms with van der Waals surface area (Å²) in [6.45, 7) is 6.65. The van der Waals surface area contributed by atoms with Crippen LogP contribution in [0, 0.1) is 11.8 Å². The molecule has 0 aliphatic carbocycles. The molecule has 0 spiro atoms. The molecule has 4 aliphatic rings. The lowest BCUT2D eigenvalue weighted by Crippen LogP contribution is -2.52. The maximum absolute atomic E-state index is 14.0. The Morgan fingerprint density at radius 1 is 0.903 bits per heavy atom. The van der Waals surface area contributed by atoms with Gasteiger partial charge in [-0.3, -0.25) is 14.5 Å². The van der Waals surface area contributed by atoms with Gasteiger partial charge in [0.1, 0.15) is 24.2 Å². The van der Waals surface area contributed by atoms with Gasteiger partial charge in [0.2, 0.25) is 5.56 Å². The predicted octanol–water partition coefficient (Wildman–Crippen LogP) is 6.30. The third-order valence-electron chi connectivity index (χ3n) is 12.5. The minimum Gasteiger partial charge on any atom is -0.506 e. The van der Waals surface area contributed by atoms with Gasteiger partial charge in [-0.05, 0) is 122 Å². The summed E-state index contributed by atoms with van der Waals surface area (Å²) in [6, 6.07) is 30.9. The van der Waals surface area contributed by atoms with E-state index in [1.165, 1.54) is 12.1 Å². The fourth-order valence-corrected chi connectivity index (χ4v) is 9.02. The number of phenolic OH excluding ortho intramolecular Hbond substituents is 1. The van der Waals surface area contributed by atoms with Crippen LogP contribution in [0.1, 0.15) is 76.9 Å². The highest BCUT2D eigenvalue weighted by Crippen LogP contribution is 2.32. The SMILES string of the molecule is O=C(NC(c1ccccc1)c1cccc(OCc2ccc(C(=O)N(CCCNCC(O)c3ccc(O)c4[nH]c(=O)ccc34)CC3CCOCC3)cc2)c1)OC1CN2CCC1CC2. The molecule has 3 unspecified atom stereocenters. The smallest absolute Gasteiger partial charge is 0.408 e. The lowest BCUT2D eigenvalue weighted by Gasteiger charge is -2.43. The molecule has 3 atom stereocenters. The second kappa shape index (κ2) is 20.4. The van der Waals surface area contributed by atoms with Crippen LogP contribution in [-0.2, 0) is 16.1 Å². The van der Waals surface area contributed by atoms with Gasteiger partial charge in [0.15, 0.2) is 0 Å². The van der Waals surface area contributed by atoms with Crippen LogP contribution < -0.4 is 20.9 Å². The van der Waals surface area contributed by atoms with Crippen molar-refractivity contribution in [2.75, 3.05) is 59.0 Å². The Morgan fingerprint density at radius 2 is 1.68 bits per heavy atom. The number of piperidine rings is 3. The number of nitrogens with zero attached hydrogens (tertiary/aromatic N) is 2. The number of hydrogen-bond donors (Lipinski definition) is 5. The molecule has 4 aliphatic heterocycles. The third kappa shape index (κ3) is 10.8. The number of benzene rings is 4. The number of aliphatic hydroxyl groups is 1. The Hall–Kier alpha value is -5.73. The van der Waals surface area contributed by atoms with Crippen LogP contribution in [0.2, 0.25) is 0 Å². The van der Waals surface area contributed by atoms with Gasteiger partial charge >= 0.3 is 6.09 Å². The summed E-state index contributed by atoms with van der Waals surface area (Å²) in [4.78, 5) is 46.1. The van der Waals surface area contributed by atoms with Gasteiger partial charge in [-0.25, -0.2) is 4.79 Å². The summed E-state index contributed by atoms with van der Waals surface area (Å²) in [6.07, 6.45) is 3.25. The van der Waals surface area contributed by atoms with Crippen molar-refractivity contribution >= 4 is 22.9 Å². The summed E-state index contributed by atoms with van der Waals surface area (Å²) >= 11 is 0. The number of carbonyl (C=O) groups is 2. The molecule has 62 heavy (non-hydrogen) atoms. The van der Waals surface area contributed by atoms with Crippen molar-refractivity contribution < 1.29 is 34.0 Å². The van der Waals surface area contributed by atoms with Crippen molar-refractivity contribution in [2.24, 2.45) is 11.8 Å². The van der Waals surface area contributed by atoms with Gasteiger partial charge in [0.25, 0.3) is 5.91 Å². The van der Waals surface area contributed by atoms with Crippen molar-refractivity contribution in [1.82, 2.24) is 25.4 Å². The molecule has 1 aromatic heterocycles. The van der Waals surface area contributed by atoms with E-state index in [0.29, 0.717) is 85.5 Å². The first-order valence-electron chi connectivity index (χ1n) is 21.9. The average Bonchev–Trinajstić information content (AvgIpc) is 3.31. The highest BCUT2D eigenvalue weighted by atomic mass is 16.6. The number of rotatable bonds is 17. The van der Waals surface area contributed by atoms with E-state index in [4.69, 9.17) is 14.2 Å². The number of nitrogens with one attached hydrogen (secondary N) is 3. The molecule has 9 rings (SSSR count). The molecule has 4 fully saturated rings. The molecule has 326 valence electrons. The topological polar surface area (TPSA) is 166 Å². The zero-order chi connectivity index (χ0) is 42.8. The number of aliphatic hydroxyl groups excluding tert-OH is 1. The second-order valence-corrected chi connectivity index (χ2v) is 16.8. The van der Waals surface area contributed by atoms with Gasteiger partial charge in [-0.1, -0.05) is 60.7 Å². The van der Waals surface area contributed by atoms with E-state index in [-0.39, 0.29) is 29.9 Å². The molecular weight excluding hydrogens is 787 g/mol. The second-order valence-electron chi connectivity index (χ2n) is 16.8. The third-order valence-corrected chi connectivity index (χ3v) is 12.5. The maximum atomic E-state index is 14.0. The van der Waals surface area contributed by atoms with Crippen LogP contribution in [0.4, 0.5) is 4.79 Å². The summed E-state index contributed by atoms with van der Waals surface area (Å²) < 4.78 is 17.9. The van der Waals surface area contributed by atoms with E-state index in [1.807, 2.05) is 83.8 Å². The summed E-state index contributed by atoms with van der Waals surface area (Å²) in [5.41, 5.74) is 3.90. The number of aromatic hydroxyl groups is 1. The number of pyridine rings is 1. The Labute approximate surface area is 362 Å². The monoisotopic (exact) mass is 843 g/mol. The first-order valence-corrected chi connectivity index (χ1v) is 21.9. The van der Waals surface area contributed by atoms with Crippen LogP contribution in [0.5, 0.6) is 11.5 Å². The number of fused-ring (bicyclic) bond motifs is 4. The number of amides is 2. The van der Waals surface area contributed by atoms with E-state index in [0.717, 1.165) is 62.0 Å². The fourth-order valence-electron chi connectivity index (χ4n) is 9.02. The van der Waals surface area contributed by atoms with E-state index in [1.54, 1.807) is 12.1 Å². The van der Waals surface area contributed by atoms with Gasteiger partial charge in [0, 0.05) is 56.4 Å². The molecule has 5 aromatic rings. The number of aromatic nitrogens is 1. The van der Waals surface area contributed by atoms with Crippen LogP contribution in [-0.4, -0.2) is 102 Å². The van der Waals surface area contributed by atoms with Crippen LogP contribution in [0.15, 0.2) is 108 Å². The summed E-state index contributed by atoms with van der Waals surface area (Å²) in [7, 11) is 0. The van der Waals surface area contributed by atoms with E-state index < -0.39 is 18.2 Å². The first-order chi connectivity index (χ1) is 30.3. The minimum atomic E-state index is -0.867. The number of H-pyrrole nitrogens is 1. The van der Waals surface area contributed by atoms with Crippen molar-refractivity contribution in [3.8, 4) is 11.5 Å². The predicted molar refractivity (Wildman–Crippen MR) is 236 cm³/mol. The Bertz CT molecular complexity index is 2330. The normalized spacial score (nSPS) is 19.7. The van der Waals surface area contributed by atoms with Gasteiger partial charge in [0.05, 0.1) is 17.7 Å². The van der Waals surface area contributed by atoms with Crippen LogP contribution in [0.3, 0.4) is 0 Å². The molecule has 13 nitrogen and oxygen atoms in total. The first kappa shape index (κ1) is 42.9. The molecular formula is C49H57N5O8. The fraction of sp³-hybridized carbons (Fsp3) is 0.408. The number of ether oxygens (including phenoxy) is 3. The highest BCUT2D eigenvalue weighted by molar-refractivity contribution is 5.94. The number of hydrogen-bond acceptors (Lipinski definition) is 10. The molecule has 4 saturated heterocycles. The number of alkyl carbamates (subject to hydrolysis) is 1. The van der Waals surface area contributed by atoms with Crippen molar-refractivity contribution in [3.63, 3.8) is 0 Å². The van der Waals surface area contributed by atoms with Gasteiger partial charge in [-0.2, -0.15) is 0 Å². The zero-order valence-electron chi connectivity index (χ0n) is 35.0. The molecule has 2 amide bonds. The minimum absolute atomic E-state index is 0.0345. The molecule has 5 heterocycles. The molecule has 0 radical (unpaired) electrons. The number of aromatic amines is 1. The largest absolute Gasteiger partial charge is 0.506 e. The summed E-state index contributed by atoms with van der Waals surface area (Å²) in [5, 5.41) is 28.2. The highest BCUT2D eigenvalue weighted by Gasteiger charge is 2.37. The molecule has 4 aromatic carbocycles. The van der Waals surface area contributed by atoms with Gasteiger partial charge in [-0.15, -0.1) is 0 Å². The standard InChI is InChI=1S/C49H57N5O8/c55-42-16-14-40(41-15-17-45(57)51-47(41)42)43(56)29-50-22-5-23-54(30-33-20-26-60-27-21-33)48(58)37-12-10-34(11-13-37)32-61-39-9-4-8-38(28-39)46(36-6-2-1-3-7-36)52-49(59)62-44-31-53-24-18-35(44)19-25-53/h1-4,6-17,28,33,35,43-44,46,50,55-56H,5,18-27,29-32H2,(H,51,57)(H,52,59). The van der Waals surface area contributed by atoms with Crippen molar-refractivity contribution in [2.45, 2.75) is 57.0 Å². The summed E-state index contributed by atoms with van der Waals surface area (Å²) in [5.74, 6) is 1.34. The Kier molecular flexibility index (Phi) is 14.1. The molecule has 0 saturated carbocycles. The quantitative estimate of drug-likeness (QED) is 0.0671. The molecule has 5 N–H and O–H groups in total. The average molecular weight is 844 g/mol. The van der Waals surface area contributed by atoms with E-state index >= 15 is 0 Å². The lowest BCUT2D eigenvalue weighted by molar-refractivity contribution is -0.0336. The van der Waals surface area contributed by atoms with Crippen LogP contribution in [0.25, 0.3) is 10.9 Å². The number of phenols is 1. The van der Waals surface area contributed by atoms with E-state index in [2.05, 4.69) is 20.5 Å². The van der Waals surface area contributed by atoms with Crippen LogP contribution >= 0.6 is 0 Å². The Balaban J connectivity index is 0.862. The maximum Gasteiger partial charge on any atom is 0.408 e. The molecule has 13 heteroatoms. The van der Waals surface area contributed by atoms with Crippen molar-refractivity contribution in [3.05, 3.63) is 141 Å². The van der Waals surface area contributed by atoms with E-state index in [9.17, 15) is 24.6 Å². The van der Waals surface area contributed by atoms with Crippen molar-refractivity contribution in [1.29, 1.82) is 0 Å². The molecule has 2 bridgehead atoms.